The summed E-state index contributed by atoms with van der Waals surface area (Å²) in [5, 5.41) is 56.8. The lowest BCUT2D eigenvalue weighted by Gasteiger charge is -2.41. The van der Waals surface area contributed by atoms with Crippen molar-refractivity contribution in [1.29, 1.82) is 0 Å². The summed E-state index contributed by atoms with van der Waals surface area (Å²) in [7, 11) is 0. The smallest absolute Gasteiger partial charge is 0.306 e. The Balaban J connectivity index is 2.70. The molecule has 0 aromatic carbocycles. The van der Waals surface area contributed by atoms with Gasteiger partial charge < -0.3 is 45.1 Å². The highest BCUT2D eigenvalue weighted by molar-refractivity contribution is 5.80. The predicted octanol–water partition coefficient (Wildman–Crippen LogP) is 13.2. The number of unbranched alkanes of at least 4 members (excludes halogenated alkanes) is 36. The molecular weight excluding hydrogens is 871 g/mol. The second kappa shape index (κ2) is 47.4. The van der Waals surface area contributed by atoms with E-state index in [1.54, 1.807) is 6.08 Å². The molecule has 1 fully saturated rings. The first-order valence-corrected chi connectivity index (χ1v) is 29.5. The van der Waals surface area contributed by atoms with Crippen LogP contribution < -0.4 is 5.32 Å². The number of rotatable bonds is 50. The maximum atomic E-state index is 13.4. The van der Waals surface area contributed by atoms with Crippen molar-refractivity contribution in [2.45, 2.75) is 333 Å². The Hall–Kier alpha value is -1.60. The van der Waals surface area contributed by atoms with Crippen molar-refractivity contribution in [3.05, 3.63) is 12.2 Å². The summed E-state index contributed by atoms with van der Waals surface area (Å²) in [6.45, 7) is 5.80. The van der Waals surface area contributed by atoms with Crippen LogP contribution in [0.25, 0.3) is 0 Å². The molecule has 11 nitrogen and oxygen atoms in total. The molecule has 11 heteroatoms. The van der Waals surface area contributed by atoms with E-state index in [0.717, 1.165) is 57.8 Å². The van der Waals surface area contributed by atoms with Gasteiger partial charge in [-0.15, -0.1) is 0 Å². The molecular formula is C58H111NO10. The van der Waals surface area contributed by atoms with Crippen LogP contribution in [0.4, 0.5) is 0 Å². The van der Waals surface area contributed by atoms with E-state index in [2.05, 4.69) is 26.1 Å². The molecule has 1 aliphatic rings. The van der Waals surface area contributed by atoms with Crippen molar-refractivity contribution in [2.75, 3.05) is 13.2 Å². The van der Waals surface area contributed by atoms with Crippen molar-refractivity contribution >= 4 is 11.9 Å². The molecule has 0 aromatic rings. The van der Waals surface area contributed by atoms with E-state index in [1.165, 1.54) is 180 Å². The molecule has 1 amide bonds. The van der Waals surface area contributed by atoms with Crippen LogP contribution in [-0.2, 0) is 23.8 Å². The van der Waals surface area contributed by atoms with Crippen molar-refractivity contribution in [2.24, 2.45) is 0 Å². The first-order valence-electron chi connectivity index (χ1n) is 29.5. The number of amides is 1. The van der Waals surface area contributed by atoms with Gasteiger partial charge in [0.15, 0.2) is 12.4 Å². The zero-order valence-electron chi connectivity index (χ0n) is 45.0. The number of aliphatic hydroxyl groups excluding tert-OH is 5. The van der Waals surface area contributed by atoms with Crippen molar-refractivity contribution in [3.63, 3.8) is 0 Å². The molecule has 0 aliphatic carbocycles. The van der Waals surface area contributed by atoms with Crippen LogP contribution in [0, 0.1) is 0 Å². The highest BCUT2D eigenvalue weighted by Gasteiger charge is 2.47. The number of hydrogen-bond donors (Lipinski definition) is 6. The highest BCUT2D eigenvalue weighted by Crippen LogP contribution is 2.26. The second-order valence-corrected chi connectivity index (χ2v) is 20.7. The van der Waals surface area contributed by atoms with Crippen LogP contribution in [0.3, 0.4) is 0 Å². The second-order valence-electron chi connectivity index (χ2n) is 20.7. The molecule has 0 aromatic heterocycles. The lowest BCUT2D eigenvalue weighted by atomic mass is 9.99. The highest BCUT2D eigenvalue weighted by atomic mass is 16.7. The first-order chi connectivity index (χ1) is 33.7. The van der Waals surface area contributed by atoms with Crippen LogP contribution in [-0.4, -0.2) is 99.6 Å². The fourth-order valence-electron chi connectivity index (χ4n) is 9.48. The molecule has 0 bridgehead atoms. The maximum absolute atomic E-state index is 13.4. The Kier molecular flexibility index (Phi) is 44.9. The maximum Gasteiger partial charge on any atom is 0.306 e. The van der Waals surface area contributed by atoms with Gasteiger partial charge in [0.25, 0.3) is 0 Å². The third-order valence-electron chi connectivity index (χ3n) is 14.2. The minimum absolute atomic E-state index is 0.131. The Labute approximate surface area is 423 Å². The Morgan fingerprint density at radius 1 is 0.551 bits per heavy atom. The molecule has 408 valence electrons. The number of nitrogens with one attached hydrogen (secondary N) is 1. The molecule has 1 heterocycles. The molecule has 1 rings (SSSR count). The van der Waals surface area contributed by atoms with Gasteiger partial charge in [-0.2, -0.15) is 0 Å². The fourth-order valence-corrected chi connectivity index (χ4v) is 9.48. The van der Waals surface area contributed by atoms with Crippen molar-refractivity contribution < 1.29 is 49.3 Å². The van der Waals surface area contributed by atoms with Crippen LogP contribution in [0.5, 0.6) is 0 Å². The fraction of sp³-hybridized carbons (Fsp3) is 0.931. The third-order valence-corrected chi connectivity index (χ3v) is 14.2. The minimum Gasteiger partial charge on any atom is -0.454 e. The number of carbonyl (C=O) groups is 2. The van der Waals surface area contributed by atoms with Gasteiger partial charge in [0, 0.05) is 6.42 Å². The molecule has 8 unspecified atom stereocenters. The number of aliphatic hydroxyl groups is 5. The van der Waals surface area contributed by atoms with Crippen molar-refractivity contribution in [3.8, 4) is 0 Å². The molecule has 0 spiro atoms. The number of hydrogen-bond acceptors (Lipinski definition) is 10. The summed E-state index contributed by atoms with van der Waals surface area (Å²) in [6, 6.07) is -1.01. The topological polar surface area (TPSA) is 175 Å². The summed E-state index contributed by atoms with van der Waals surface area (Å²) < 4.78 is 17.6. The third kappa shape index (κ3) is 36.1. The standard InChI is InChI=1S/C58H111NO10/c1-4-7-10-13-16-19-22-24-26-28-31-34-37-40-43-46-53(63)69-56-55(65)54(64)52(47-60)68-58(56)67-48-49(50(61)44-41-38-35-32-29-21-18-15-12-9-6-3)59-57(66)51(62)45-42-39-36-33-30-27-25-23-20-17-14-11-8-5-2/h41,44,49-52,54-56,58,60-62,64-65H,4-40,42-43,45-48H2,1-3H3,(H,59,66)/b44-41+. The van der Waals surface area contributed by atoms with E-state index in [0.29, 0.717) is 19.3 Å². The molecule has 8 atom stereocenters. The molecule has 69 heavy (non-hydrogen) atoms. The Morgan fingerprint density at radius 2 is 0.942 bits per heavy atom. The van der Waals surface area contributed by atoms with Gasteiger partial charge in [-0.3, -0.25) is 9.59 Å². The van der Waals surface area contributed by atoms with Crippen LogP contribution >= 0.6 is 0 Å². The van der Waals surface area contributed by atoms with E-state index >= 15 is 0 Å². The summed E-state index contributed by atoms with van der Waals surface area (Å²) >= 11 is 0. The number of ether oxygens (including phenoxy) is 3. The van der Waals surface area contributed by atoms with Crippen LogP contribution in [0.15, 0.2) is 12.2 Å². The normalized spacial score (nSPS) is 19.8. The van der Waals surface area contributed by atoms with Gasteiger partial charge >= 0.3 is 5.97 Å². The predicted molar refractivity (Wildman–Crippen MR) is 283 cm³/mol. The van der Waals surface area contributed by atoms with Gasteiger partial charge in [-0.25, -0.2) is 0 Å². The zero-order valence-corrected chi connectivity index (χ0v) is 45.0. The monoisotopic (exact) mass is 982 g/mol. The lowest BCUT2D eigenvalue weighted by Crippen LogP contribution is -2.61. The van der Waals surface area contributed by atoms with Gasteiger partial charge in [0.2, 0.25) is 5.91 Å². The Bertz CT molecular complexity index is 1170. The van der Waals surface area contributed by atoms with E-state index < -0.39 is 67.4 Å². The van der Waals surface area contributed by atoms with E-state index in [4.69, 9.17) is 14.2 Å². The average Bonchev–Trinajstić information content (AvgIpc) is 3.34. The number of carbonyl (C=O) groups excluding carboxylic acids is 2. The molecule has 0 radical (unpaired) electrons. The summed E-state index contributed by atoms with van der Waals surface area (Å²) in [6.07, 6.45) is 41.1. The average molecular weight is 983 g/mol. The lowest BCUT2D eigenvalue weighted by molar-refractivity contribution is -0.305. The van der Waals surface area contributed by atoms with E-state index in [-0.39, 0.29) is 13.0 Å². The van der Waals surface area contributed by atoms with Gasteiger partial charge in [0.05, 0.1) is 25.4 Å². The minimum atomic E-state index is -1.60. The Morgan fingerprint density at radius 3 is 1.36 bits per heavy atom. The summed E-state index contributed by atoms with van der Waals surface area (Å²) in [5.74, 6) is -1.18. The molecule has 1 saturated heterocycles. The summed E-state index contributed by atoms with van der Waals surface area (Å²) in [4.78, 5) is 26.4. The quantitative estimate of drug-likeness (QED) is 0.0195. The molecule has 6 N–H and O–H groups in total. The van der Waals surface area contributed by atoms with E-state index in [9.17, 15) is 35.1 Å². The van der Waals surface area contributed by atoms with Gasteiger partial charge in [-0.1, -0.05) is 264 Å². The summed E-state index contributed by atoms with van der Waals surface area (Å²) in [5.41, 5.74) is 0. The number of allylic oxidation sites excluding steroid dienone is 1. The number of esters is 1. The van der Waals surface area contributed by atoms with Gasteiger partial charge in [0.1, 0.15) is 24.4 Å². The molecule has 0 saturated carbocycles. The largest absolute Gasteiger partial charge is 0.454 e. The van der Waals surface area contributed by atoms with Gasteiger partial charge in [-0.05, 0) is 25.7 Å². The molecule has 1 aliphatic heterocycles. The first kappa shape index (κ1) is 65.4. The van der Waals surface area contributed by atoms with Crippen molar-refractivity contribution in [1.82, 2.24) is 5.32 Å². The van der Waals surface area contributed by atoms with Crippen LogP contribution in [0.2, 0.25) is 0 Å². The van der Waals surface area contributed by atoms with E-state index in [1.807, 2.05) is 6.08 Å². The van der Waals surface area contributed by atoms with Crippen LogP contribution in [0.1, 0.15) is 284 Å². The zero-order chi connectivity index (χ0) is 50.4. The SMILES string of the molecule is CCCCCCCCCCC/C=C/C(O)C(COC1OC(CO)C(O)C(O)C1OC(=O)CCCCCCCCCCCCCCCCC)NC(=O)C(O)CCCCCCCCCCCCCCCC.